The largest absolute Gasteiger partial charge is 0.309 e. The molecule has 1 aromatic rings. The van der Waals surface area contributed by atoms with Crippen LogP contribution < -0.4 is 10.6 Å². The molecule has 7 heteroatoms. The maximum atomic E-state index is 13.7. The summed E-state index contributed by atoms with van der Waals surface area (Å²) >= 11 is 3.21. The van der Waals surface area contributed by atoms with Gasteiger partial charge in [0, 0.05) is 13.0 Å². The molecule has 2 rings (SSSR count). The van der Waals surface area contributed by atoms with E-state index in [1.165, 1.54) is 0 Å². The van der Waals surface area contributed by atoms with Crippen LogP contribution in [-0.2, 0) is 4.79 Å². The highest BCUT2D eigenvalue weighted by molar-refractivity contribution is 9.10. The lowest BCUT2D eigenvalue weighted by atomic mass is 10.0. The first-order valence-electron chi connectivity index (χ1n) is 5.86. The Morgan fingerprint density at radius 2 is 2.42 bits per heavy atom. The van der Waals surface area contributed by atoms with Crippen LogP contribution >= 0.6 is 15.9 Å². The van der Waals surface area contributed by atoms with Crippen molar-refractivity contribution >= 4 is 27.7 Å². The zero-order valence-corrected chi connectivity index (χ0v) is 11.9. The number of pyridine rings is 1. The van der Waals surface area contributed by atoms with Gasteiger partial charge in [-0.15, -0.1) is 0 Å². The minimum Gasteiger partial charge on any atom is -0.309 e. The number of nitrogens with zero attached hydrogens (tertiary/aromatic N) is 1. The van der Waals surface area contributed by atoms with Gasteiger partial charge in [0.15, 0.2) is 5.67 Å². The fraction of sp³-hybridized carbons (Fsp3) is 0.500. The van der Waals surface area contributed by atoms with Crippen LogP contribution in [0.25, 0.3) is 0 Å². The molecule has 104 valence electrons. The maximum absolute atomic E-state index is 13.7. The number of aromatic nitrogens is 1. The van der Waals surface area contributed by atoms with Gasteiger partial charge in [-0.25, -0.2) is 13.8 Å². The van der Waals surface area contributed by atoms with Crippen LogP contribution in [0.15, 0.2) is 16.7 Å². The number of carbonyl (C=O) groups excluding carboxylic acids is 1. The van der Waals surface area contributed by atoms with Crippen molar-refractivity contribution in [1.82, 2.24) is 10.3 Å². The summed E-state index contributed by atoms with van der Waals surface area (Å²) in [5, 5.41) is 5.31. The Balaban J connectivity index is 2.04. The van der Waals surface area contributed by atoms with Crippen LogP contribution in [0.2, 0.25) is 0 Å². The minimum absolute atomic E-state index is 0.146. The Labute approximate surface area is 118 Å². The van der Waals surface area contributed by atoms with E-state index in [4.69, 9.17) is 0 Å². The van der Waals surface area contributed by atoms with E-state index in [0.717, 1.165) is 5.56 Å². The van der Waals surface area contributed by atoms with Crippen LogP contribution in [0, 0.1) is 6.92 Å². The molecule has 2 heterocycles. The van der Waals surface area contributed by atoms with Crippen LogP contribution in [0.5, 0.6) is 0 Å². The van der Waals surface area contributed by atoms with E-state index in [1.807, 2.05) is 0 Å². The van der Waals surface area contributed by atoms with Crippen LogP contribution in [0.3, 0.4) is 0 Å². The number of anilines is 1. The second-order valence-electron chi connectivity index (χ2n) is 4.71. The number of aryl methyl sites for hydroxylation is 1. The predicted octanol–water partition coefficient (Wildman–Crippen LogP) is 2.13. The van der Waals surface area contributed by atoms with E-state index >= 15 is 0 Å². The van der Waals surface area contributed by atoms with Gasteiger partial charge in [-0.1, -0.05) is 6.07 Å². The normalized spacial score (nSPS) is 26.4. The van der Waals surface area contributed by atoms with E-state index in [-0.39, 0.29) is 13.0 Å². The smallest absolute Gasteiger partial charge is 0.242 e. The molecule has 0 saturated carbocycles. The molecule has 1 amide bonds. The molecule has 4 nitrogen and oxygen atoms in total. The molecule has 0 radical (unpaired) electrons. The van der Waals surface area contributed by atoms with Crippen molar-refractivity contribution in [1.29, 1.82) is 0 Å². The number of hydrogen-bond acceptors (Lipinski definition) is 3. The van der Waals surface area contributed by atoms with Gasteiger partial charge < -0.3 is 10.6 Å². The highest BCUT2D eigenvalue weighted by atomic mass is 79.9. The van der Waals surface area contributed by atoms with Gasteiger partial charge in [0.05, 0.1) is 6.04 Å². The van der Waals surface area contributed by atoms with Gasteiger partial charge in [0.2, 0.25) is 5.91 Å². The van der Waals surface area contributed by atoms with Crippen LogP contribution in [0.4, 0.5) is 14.6 Å². The number of hydrogen-bond donors (Lipinski definition) is 2. The molecular weight excluding hydrogens is 320 g/mol. The summed E-state index contributed by atoms with van der Waals surface area (Å²) in [6.07, 6.45) is -0.164. The van der Waals surface area contributed by atoms with E-state index in [1.54, 1.807) is 19.1 Å². The molecule has 2 atom stereocenters. The molecule has 0 bridgehead atoms. The summed E-state index contributed by atoms with van der Waals surface area (Å²) in [7, 11) is 0. The summed E-state index contributed by atoms with van der Waals surface area (Å²) in [4.78, 5) is 16.1. The van der Waals surface area contributed by atoms with Crippen molar-refractivity contribution in [2.75, 3.05) is 18.5 Å². The van der Waals surface area contributed by atoms with E-state index in [0.29, 0.717) is 10.4 Å². The van der Waals surface area contributed by atoms with Gasteiger partial charge in [-0.05, 0) is 34.5 Å². The lowest BCUT2D eigenvalue weighted by molar-refractivity contribution is -0.118. The average Bonchev–Trinajstić information content (AvgIpc) is 2.77. The van der Waals surface area contributed by atoms with Gasteiger partial charge >= 0.3 is 0 Å². The lowest BCUT2D eigenvalue weighted by Gasteiger charge is -2.14. The molecule has 0 aromatic carbocycles. The number of carbonyl (C=O) groups is 1. The van der Waals surface area contributed by atoms with Gasteiger partial charge in [0.1, 0.15) is 17.1 Å². The van der Waals surface area contributed by atoms with Crippen molar-refractivity contribution in [3.8, 4) is 0 Å². The van der Waals surface area contributed by atoms with Crippen LogP contribution in [-0.4, -0.2) is 35.8 Å². The fourth-order valence-corrected chi connectivity index (χ4v) is 2.25. The lowest BCUT2D eigenvalue weighted by Crippen LogP contribution is -2.35. The molecule has 1 fully saturated rings. The number of alkyl halides is 2. The molecule has 0 spiro atoms. The maximum Gasteiger partial charge on any atom is 0.242 e. The third kappa shape index (κ3) is 3.27. The number of amides is 1. The van der Waals surface area contributed by atoms with Gasteiger partial charge in [-0.3, -0.25) is 4.79 Å². The highest BCUT2D eigenvalue weighted by Crippen LogP contribution is 2.25. The van der Waals surface area contributed by atoms with Gasteiger partial charge in [-0.2, -0.15) is 0 Å². The molecule has 1 aliphatic heterocycles. The Kier molecular flexibility index (Phi) is 4.15. The zero-order valence-electron chi connectivity index (χ0n) is 10.3. The quantitative estimate of drug-likeness (QED) is 0.833. The third-order valence-corrected chi connectivity index (χ3v) is 3.54. The monoisotopic (exact) mass is 333 g/mol. The predicted molar refractivity (Wildman–Crippen MR) is 71.5 cm³/mol. The molecule has 19 heavy (non-hydrogen) atoms. The summed E-state index contributed by atoms with van der Waals surface area (Å²) in [6, 6.07) is 2.82. The topological polar surface area (TPSA) is 54.0 Å². The average molecular weight is 334 g/mol. The van der Waals surface area contributed by atoms with E-state index in [2.05, 4.69) is 31.5 Å². The van der Waals surface area contributed by atoms with E-state index in [9.17, 15) is 13.6 Å². The zero-order chi connectivity index (χ0) is 14.0. The molecule has 0 aliphatic carbocycles. The number of rotatable bonds is 3. The van der Waals surface area contributed by atoms with E-state index < -0.39 is 24.3 Å². The molecular formula is C12H14BrF2N3O. The second-order valence-corrected chi connectivity index (χ2v) is 5.52. The second kappa shape index (κ2) is 5.50. The molecule has 0 unspecified atom stereocenters. The molecule has 1 aliphatic rings. The van der Waals surface area contributed by atoms with Crippen molar-refractivity contribution in [3.63, 3.8) is 0 Å². The van der Waals surface area contributed by atoms with Crippen molar-refractivity contribution in [2.24, 2.45) is 0 Å². The molecule has 1 saturated heterocycles. The number of nitrogens with one attached hydrogen (secondary N) is 2. The first kappa shape index (κ1) is 14.3. The fourth-order valence-electron chi connectivity index (χ4n) is 1.94. The van der Waals surface area contributed by atoms with Crippen molar-refractivity contribution < 1.29 is 13.6 Å². The Morgan fingerprint density at radius 3 is 3.05 bits per heavy atom. The highest BCUT2D eigenvalue weighted by Gasteiger charge is 2.42. The Hall–Kier alpha value is -1.08. The summed E-state index contributed by atoms with van der Waals surface area (Å²) < 4.78 is 26.8. The third-order valence-electron chi connectivity index (χ3n) is 3.10. The van der Waals surface area contributed by atoms with Crippen molar-refractivity contribution in [2.45, 2.75) is 25.1 Å². The first-order chi connectivity index (χ1) is 8.93. The Bertz CT molecular complexity index is 500. The van der Waals surface area contributed by atoms with Gasteiger partial charge in [0.25, 0.3) is 0 Å². The SMILES string of the molecule is Cc1ccc(Br)nc1NC(=O)[C@@H]1C[C@](F)(CF)CN1. The summed E-state index contributed by atoms with van der Waals surface area (Å²) in [6.45, 7) is 0.572. The Morgan fingerprint density at radius 1 is 1.68 bits per heavy atom. The molecule has 1 aromatic heterocycles. The molecule has 2 N–H and O–H groups in total. The van der Waals surface area contributed by atoms with Crippen LogP contribution in [0.1, 0.15) is 12.0 Å². The summed E-state index contributed by atoms with van der Waals surface area (Å²) in [5.74, 6) is 0.0134. The standard InChI is InChI=1S/C12H14BrF2N3O/c1-7-2-3-9(13)17-10(7)18-11(19)8-4-12(15,5-14)6-16-8/h2-3,8,16H,4-6H2,1H3,(H,17,18,19)/t8-,12-/m0/s1. The minimum atomic E-state index is -1.94. The van der Waals surface area contributed by atoms with Crippen molar-refractivity contribution in [3.05, 3.63) is 22.3 Å². The number of halogens is 3. The summed E-state index contributed by atoms with van der Waals surface area (Å²) in [5.41, 5.74) is -1.14. The first-order valence-corrected chi connectivity index (χ1v) is 6.65.